The summed E-state index contributed by atoms with van der Waals surface area (Å²) in [6, 6.07) is 7.39. The number of carbonyl (C=O) groups excluding carboxylic acids is 2. The maximum absolute atomic E-state index is 12.6. The standard InChI is InChI=1S/C15H18N2O4/c1-15-8-10(9-4-2-3-5-11(9)21-15)12(13(16)19)14(20)17(15)6-7-18/h2-5,10,12,18H,6-8H2,1H3,(H2,16,19)/t10-,12-,15-/m0/s1. The van der Waals surface area contributed by atoms with Gasteiger partial charge in [-0.25, -0.2) is 0 Å². The molecule has 2 amide bonds. The molecule has 1 saturated heterocycles. The van der Waals surface area contributed by atoms with Crippen LogP contribution in [0.3, 0.4) is 0 Å². The van der Waals surface area contributed by atoms with Gasteiger partial charge in [-0.05, 0) is 18.6 Å². The zero-order valence-corrected chi connectivity index (χ0v) is 11.8. The van der Waals surface area contributed by atoms with E-state index in [4.69, 9.17) is 10.5 Å². The molecule has 112 valence electrons. The van der Waals surface area contributed by atoms with E-state index in [1.807, 2.05) is 24.3 Å². The first-order valence-electron chi connectivity index (χ1n) is 6.97. The maximum atomic E-state index is 12.6. The summed E-state index contributed by atoms with van der Waals surface area (Å²) in [5, 5.41) is 9.20. The average Bonchev–Trinajstić information content (AvgIpc) is 2.43. The quantitative estimate of drug-likeness (QED) is 0.778. The van der Waals surface area contributed by atoms with Crippen molar-refractivity contribution in [2.75, 3.05) is 13.2 Å². The van der Waals surface area contributed by atoms with Crippen molar-refractivity contribution in [3.05, 3.63) is 29.8 Å². The molecule has 0 unspecified atom stereocenters. The normalized spacial score (nSPS) is 30.6. The fourth-order valence-corrected chi connectivity index (χ4v) is 3.48. The number of para-hydroxylation sites is 1. The number of nitrogens with zero attached hydrogens (tertiary/aromatic N) is 1. The molecule has 6 nitrogen and oxygen atoms in total. The predicted molar refractivity (Wildman–Crippen MR) is 74.3 cm³/mol. The Balaban J connectivity index is 2.13. The van der Waals surface area contributed by atoms with Crippen molar-refractivity contribution in [3.8, 4) is 5.75 Å². The third-order valence-corrected chi connectivity index (χ3v) is 4.38. The molecule has 0 aliphatic carbocycles. The van der Waals surface area contributed by atoms with Crippen LogP contribution in [-0.2, 0) is 9.59 Å². The van der Waals surface area contributed by atoms with Crippen LogP contribution in [0.2, 0.25) is 0 Å². The minimum Gasteiger partial charge on any atom is -0.468 e. The summed E-state index contributed by atoms with van der Waals surface area (Å²) in [7, 11) is 0. The van der Waals surface area contributed by atoms with Gasteiger partial charge < -0.3 is 20.5 Å². The van der Waals surface area contributed by atoms with Gasteiger partial charge in [-0.1, -0.05) is 18.2 Å². The largest absolute Gasteiger partial charge is 0.468 e. The molecule has 21 heavy (non-hydrogen) atoms. The Morgan fingerprint density at radius 2 is 2.24 bits per heavy atom. The van der Waals surface area contributed by atoms with E-state index < -0.39 is 17.6 Å². The molecule has 1 fully saturated rings. The van der Waals surface area contributed by atoms with Gasteiger partial charge in [0, 0.05) is 18.9 Å². The molecule has 0 saturated carbocycles. The van der Waals surface area contributed by atoms with Crippen LogP contribution in [0.4, 0.5) is 0 Å². The molecule has 6 heteroatoms. The van der Waals surface area contributed by atoms with E-state index in [-0.39, 0.29) is 25.0 Å². The number of rotatable bonds is 3. The number of likely N-dealkylation sites (tertiary alicyclic amines) is 1. The lowest BCUT2D eigenvalue weighted by molar-refractivity contribution is -0.176. The Labute approximate surface area is 122 Å². The monoisotopic (exact) mass is 290 g/mol. The first-order valence-corrected chi connectivity index (χ1v) is 6.97. The number of primary amides is 1. The number of nitrogens with two attached hydrogens (primary N) is 1. The van der Waals surface area contributed by atoms with Crippen molar-refractivity contribution >= 4 is 11.8 Å². The lowest BCUT2D eigenvalue weighted by Crippen LogP contribution is -2.65. The summed E-state index contributed by atoms with van der Waals surface area (Å²) >= 11 is 0. The number of aliphatic hydroxyl groups is 1. The molecule has 2 heterocycles. The number of amides is 2. The number of hydrogen-bond donors (Lipinski definition) is 2. The minimum atomic E-state index is -0.908. The smallest absolute Gasteiger partial charge is 0.238 e. The van der Waals surface area contributed by atoms with Gasteiger partial charge in [0.2, 0.25) is 11.8 Å². The van der Waals surface area contributed by atoms with Crippen molar-refractivity contribution in [1.29, 1.82) is 0 Å². The third-order valence-electron chi connectivity index (χ3n) is 4.38. The first kappa shape index (κ1) is 13.9. The number of piperidine rings is 1. The van der Waals surface area contributed by atoms with Crippen molar-refractivity contribution in [1.82, 2.24) is 4.90 Å². The highest BCUT2D eigenvalue weighted by Crippen LogP contribution is 2.49. The number of fused-ring (bicyclic) bond motifs is 4. The molecule has 1 aromatic rings. The maximum Gasteiger partial charge on any atom is 0.238 e. The van der Waals surface area contributed by atoms with E-state index in [1.165, 1.54) is 4.90 Å². The lowest BCUT2D eigenvalue weighted by atomic mass is 9.73. The van der Waals surface area contributed by atoms with E-state index in [1.54, 1.807) is 6.92 Å². The van der Waals surface area contributed by atoms with Crippen LogP contribution in [0.25, 0.3) is 0 Å². The van der Waals surface area contributed by atoms with E-state index >= 15 is 0 Å². The number of carbonyl (C=O) groups is 2. The summed E-state index contributed by atoms with van der Waals surface area (Å²) in [4.78, 5) is 25.8. The van der Waals surface area contributed by atoms with Gasteiger partial charge in [-0.2, -0.15) is 0 Å². The Morgan fingerprint density at radius 1 is 1.52 bits per heavy atom. The first-order chi connectivity index (χ1) is 9.98. The van der Waals surface area contributed by atoms with Gasteiger partial charge in [0.15, 0.2) is 5.72 Å². The Hall–Kier alpha value is -2.08. The number of benzene rings is 1. The number of ether oxygens (including phenoxy) is 1. The van der Waals surface area contributed by atoms with Crippen molar-refractivity contribution in [2.24, 2.45) is 11.7 Å². The highest BCUT2D eigenvalue weighted by molar-refractivity contribution is 6.01. The highest BCUT2D eigenvalue weighted by atomic mass is 16.5. The van der Waals surface area contributed by atoms with E-state index in [0.29, 0.717) is 12.2 Å². The molecule has 0 aromatic heterocycles. The van der Waals surface area contributed by atoms with Gasteiger partial charge in [-0.15, -0.1) is 0 Å². The van der Waals surface area contributed by atoms with Gasteiger partial charge in [0.1, 0.15) is 11.7 Å². The van der Waals surface area contributed by atoms with E-state index in [2.05, 4.69) is 0 Å². The predicted octanol–water partition coefficient (Wildman–Crippen LogP) is 0.205. The molecule has 0 radical (unpaired) electrons. The minimum absolute atomic E-state index is 0.119. The average molecular weight is 290 g/mol. The second-order valence-corrected chi connectivity index (χ2v) is 5.72. The van der Waals surface area contributed by atoms with Crippen molar-refractivity contribution in [3.63, 3.8) is 0 Å². The van der Waals surface area contributed by atoms with Gasteiger partial charge >= 0.3 is 0 Å². The SMILES string of the molecule is C[C@@]12C[C@@H](c3ccccc3O1)[C@@H](C(N)=O)C(=O)N2CCO. The highest BCUT2D eigenvalue weighted by Gasteiger charge is 2.55. The summed E-state index contributed by atoms with van der Waals surface area (Å²) in [5.74, 6) is -1.52. The van der Waals surface area contributed by atoms with Gasteiger partial charge in [0.05, 0.1) is 6.61 Å². The second-order valence-electron chi connectivity index (χ2n) is 5.72. The third kappa shape index (κ3) is 1.98. The molecule has 1 aromatic carbocycles. The zero-order valence-electron chi connectivity index (χ0n) is 11.8. The summed E-state index contributed by atoms with van der Waals surface area (Å²) in [6.45, 7) is 1.73. The molecular formula is C15H18N2O4. The summed E-state index contributed by atoms with van der Waals surface area (Å²) < 4.78 is 6.00. The zero-order chi connectivity index (χ0) is 15.2. The molecule has 2 aliphatic rings. The van der Waals surface area contributed by atoms with Crippen LogP contribution in [0.15, 0.2) is 24.3 Å². The second kappa shape index (κ2) is 4.73. The van der Waals surface area contributed by atoms with Gasteiger partial charge in [0.25, 0.3) is 0 Å². The Morgan fingerprint density at radius 3 is 2.90 bits per heavy atom. The topological polar surface area (TPSA) is 92.9 Å². The van der Waals surface area contributed by atoms with Crippen molar-refractivity contribution in [2.45, 2.75) is 25.0 Å². The molecular weight excluding hydrogens is 272 g/mol. The molecule has 3 N–H and O–H groups in total. The summed E-state index contributed by atoms with van der Waals surface area (Å²) in [5.41, 5.74) is 5.45. The summed E-state index contributed by atoms with van der Waals surface area (Å²) in [6.07, 6.45) is 0.489. The number of aliphatic hydroxyl groups excluding tert-OH is 1. The fraction of sp³-hybridized carbons (Fsp3) is 0.467. The molecule has 2 bridgehead atoms. The van der Waals surface area contributed by atoms with Crippen LogP contribution in [-0.4, -0.2) is 40.7 Å². The Bertz CT molecular complexity index is 603. The van der Waals surface area contributed by atoms with Crippen LogP contribution >= 0.6 is 0 Å². The van der Waals surface area contributed by atoms with Gasteiger partial charge in [-0.3, -0.25) is 9.59 Å². The van der Waals surface area contributed by atoms with Crippen LogP contribution in [0, 0.1) is 5.92 Å². The Kier molecular flexibility index (Phi) is 3.13. The molecule has 3 atom stereocenters. The van der Waals surface area contributed by atoms with Crippen LogP contribution in [0.5, 0.6) is 5.75 Å². The van der Waals surface area contributed by atoms with Crippen molar-refractivity contribution < 1.29 is 19.4 Å². The fourth-order valence-electron chi connectivity index (χ4n) is 3.48. The number of hydrogen-bond acceptors (Lipinski definition) is 4. The molecule has 2 aliphatic heterocycles. The number of β-amino-alcohol motifs (C(OH)–C–C–N with tert-alkyl or cyclic N) is 1. The molecule has 3 rings (SSSR count). The van der Waals surface area contributed by atoms with Crippen LogP contribution in [0.1, 0.15) is 24.8 Å². The molecule has 0 spiro atoms. The van der Waals surface area contributed by atoms with E-state index in [0.717, 1.165) is 5.56 Å². The van der Waals surface area contributed by atoms with E-state index in [9.17, 15) is 14.7 Å². The van der Waals surface area contributed by atoms with Crippen LogP contribution < -0.4 is 10.5 Å². The lowest BCUT2D eigenvalue weighted by Gasteiger charge is -2.52.